The number of carbonyl (C=O) groups is 1. The first-order valence-corrected chi connectivity index (χ1v) is 12.4. The van der Waals surface area contributed by atoms with E-state index in [0.29, 0.717) is 27.8 Å². The molecule has 3 aromatic rings. The molecule has 0 radical (unpaired) electrons. The summed E-state index contributed by atoms with van der Waals surface area (Å²) in [6.07, 6.45) is 0.769. The van der Waals surface area contributed by atoms with Crippen molar-refractivity contribution >= 4 is 54.0 Å². The number of hydrogen-bond acceptors (Lipinski definition) is 6. The molecule has 2 aromatic carbocycles. The van der Waals surface area contributed by atoms with E-state index < -0.39 is 9.84 Å². The van der Waals surface area contributed by atoms with Gasteiger partial charge in [-0.15, -0.1) is 0 Å². The molecule has 0 saturated heterocycles. The number of aromatic nitrogens is 1. The summed E-state index contributed by atoms with van der Waals surface area (Å²) >= 11 is 7.68. The Bertz CT molecular complexity index is 1140. The number of para-hydroxylation sites is 1. The van der Waals surface area contributed by atoms with Crippen molar-refractivity contribution < 1.29 is 13.2 Å². The van der Waals surface area contributed by atoms with E-state index in [1.165, 1.54) is 23.5 Å². The van der Waals surface area contributed by atoms with Crippen molar-refractivity contribution in [1.82, 2.24) is 9.88 Å². The lowest BCUT2D eigenvalue weighted by Gasteiger charge is -2.21. The fourth-order valence-electron chi connectivity index (χ4n) is 2.98. The van der Waals surface area contributed by atoms with Crippen LogP contribution in [0.1, 0.15) is 23.7 Å². The molecule has 6 nitrogen and oxygen atoms in total. The summed E-state index contributed by atoms with van der Waals surface area (Å²) in [5.74, 6) is -0.201. The molecule has 3 rings (SSSR count). The van der Waals surface area contributed by atoms with Crippen LogP contribution in [0.3, 0.4) is 0 Å². The van der Waals surface area contributed by atoms with Crippen molar-refractivity contribution in [2.75, 3.05) is 37.8 Å². The number of halogens is 1. The average Bonchev–Trinajstić information content (AvgIpc) is 3.16. The molecule has 9 heteroatoms. The number of benzene rings is 2. The van der Waals surface area contributed by atoms with E-state index in [1.54, 1.807) is 30.0 Å². The van der Waals surface area contributed by atoms with Gasteiger partial charge >= 0.3 is 0 Å². The topological polar surface area (TPSA) is 70.6 Å². The van der Waals surface area contributed by atoms with Gasteiger partial charge in [0.2, 0.25) is 0 Å². The first-order chi connectivity index (χ1) is 14.2. The minimum Gasteiger partial charge on any atom is -0.309 e. The molecule has 0 aliphatic heterocycles. The molecule has 0 aliphatic carbocycles. The average molecular weight is 466 g/mol. The molecule has 1 heterocycles. The fourth-order valence-corrected chi connectivity index (χ4v) is 5.15. The summed E-state index contributed by atoms with van der Waals surface area (Å²) in [5, 5.41) is 1.12. The molecule has 0 saturated carbocycles. The Morgan fingerprint density at radius 1 is 1.10 bits per heavy atom. The number of fused-ring (bicyclic) bond motifs is 1. The second-order valence-corrected chi connectivity index (χ2v) is 10.8. The summed E-state index contributed by atoms with van der Waals surface area (Å²) in [5.41, 5.74) is 1.09. The number of hydrogen-bond donors (Lipinski definition) is 0. The maximum atomic E-state index is 13.3. The van der Waals surface area contributed by atoms with Crippen molar-refractivity contribution in [3.05, 3.63) is 53.1 Å². The van der Waals surface area contributed by atoms with Crippen LogP contribution in [0, 0.1) is 0 Å². The van der Waals surface area contributed by atoms with Gasteiger partial charge in [-0.1, -0.05) is 35.9 Å². The zero-order chi connectivity index (χ0) is 21.9. The maximum Gasteiger partial charge on any atom is 0.260 e. The zero-order valence-electron chi connectivity index (χ0n) is 17.1. The van der Waals surface area contributed by atoms with Crippen LogP contribution in [0.2, 0.25) is 5.02 Å². The van der Waals surface area contributed by atoms with Gasteiger partial charge in [0.05, 0.1) is 20.4 Å². The third-order valence-electron chi connectivity index (χ3n) is 4.66. The molecular formula is C21H24ClN3O3S2. The molecule has 1 amide bonds. The molecule has 0 N–H and O–H groups in total. The first kappa shape index (κ1) is 22.7. The number of carbonyl (C=O) groups excluding carboxylic acids is 1. The van der Waals surface area contributed by atoms with E-state index >= 15 is 0 Å². The van der Waals surface area contributed by atoms with Gasteiger partial charge in [-0.3, -0.25) is 9.69 Å². The number of rotatable bonds is 8. The quantitative estimate of drug-likeness (QED) is 0.494. The van der Waals surface area contributed by atoms with Crippen LogP contribution < -0.4 is 4.90 Å². The van der Waals surface area contributed by atoms with E-state index in [-0.39, 0.29) is 16.6 Å². The van der Waals surface area contributed by atoms with E-state index in [1.807, 2.05) is 26.2 Å². The third-order valence-corrected chi connectivity index (χ3v) is 7.76. The lowest BCUT2D eigenvalue weighted by Crippen LogP contribution is -2.33. The van der Waals surface area contributed by atoms with Gasteiger partial charge in [0.25, 0.3) is 5.91 Å². The van der Waals surface area contributed by atoms with Gasteiger partial charge in [-0.05, 0) is 63.5 Å². The summed E-state index contributed by atoms with van der Waals surface area (Å²) in [4.78, 5) is 21.8. The van der Waals surface area contributed by atoms with Gasteiger partial charge in [-0.2, -0.15) is 0 Å². The highest BCUT2D eigenvalue weighted by Gasteiger charge is 2.22. The van der Waals surface area contributed by atoms with Gasteiger partial charge in [-0.25, -0.2) is 13.4 Å². The Morgan fingerprint density at radius 3 is 2.40 bits per heavy atom. The van der Waals surface area contributed by atoms with Crippen LogP contribution in [0.15, 0.2) is 47.4 Å². The van der Waals surface area contributed by atoms with Crippen LogP contribution in [0.5, 0.6) is 0 Å². The van der Waals surface area contributed by atoms with Crippen molar-refractivity contribution in [2.24, 2.45) is 0 Å². The molecule has 30 heavy (non-hydrogen) atoms. The van der Waals surface area contributed by atoms with E-state index in [9.17, 15) is 13.2 Å². The second-order valence-electron chi connectivity index (χ2n) is 7.12. The highest BCUT2D eigenvalue weighted by atomic mass is 35.5. The molecule has 0 bridgehead atoms. The van der Waals surface area contributed by atoms with Crippen LogP contribution in [-0.2, 0) is 9.84 Å². The molecule has 160 valence electrons. The van der Waals surface area contributed by atoms with Crippen LogP contribution in [0.4, 0.5) is 5.13 Å². The van der Waals surface area contributed by atoms with Gasteiger partial charge in [0.15, 0.2) is 15.0 Å². The number of thiazole rings is 1. The van der Waals surface area contributed by atoms with Gasteiger partial charge < -0.3 is 4.90 Å². The number of amides is 1. The number of anilines is 1. The summed E-state index contributed by atoms with van der Waals surface area (Å²) in [6.45, 7) is 2.91. The molecule has 0 aliphatic rings. The summed E-state index contributed by atoms with van der Waals surface area (Å²) in [6, 6.07) is 11.7. The second kappa shape index (κ2) is 9.43. The predicted octanol–water partition coefficient (Wildman–Crippen LogP) is 4.34. The van der Waals surface area contributed by atoms with Crippen molar-refractivity contribution in [3.8, 4) is 0 Å². The van der Waals surface area contributed by atoms with Crippen LogP contribution in [-0.4, -0.2) is 57.1 Å². The molecule has 0 spiro atoms. The predicted molar refractivity (Wildman–Crippen MR) is 124 cm³/mol. The van der Waals surface area contributed by atoms with E-state index in [0.717, 1.165) is 17.7 Å². The summed E-state index contributed by atoms with van der Waals surface area (Å²) < 4.78 is 25.0. The SMILES string of the molecule is CCS(=O)(=O)c1ccc(C(=O)N(CCCN(C)C)c2nc3c(Cl)cccc3s2)cc1. The molecule has 0 atom stereocenters. The van der Waals surface area contributed by atoms with Gasteiger partial charge in [0, 0.05) is 12.1 Å². The molecular weight excluding hydrogens is 442 g/mol. The molecule has 0 unspecified atom stereocenters. The lowest BCUT2D eigenvalue weighted by molar-refractivity contribution is 0.0986. The van der Waals surface area contributed by atoms with Crippen molar-refractivity contribution in [2.45, 2.75) is 18.2 Å². The highest BCUT2D eigenvalue weighted by molar-refractivity contribution is 7.91. The smallest absolute Gasteiger partial charge is 0.260 e. The van der Waals surface area contributed by atoms with Crippen molar-refractivity contribution in [1.29, 1.82) is 0 Å². The largest absolute Gasteiger partial charge is 0.309 e. The van der Waals surface area contributed by atoms with Gasteiger partial charge in [0.1, 0.15) is 5.52 Å². The normalized spacial score (nSPS) is 11.9. The number of nitrogens with zero attached hydrogens (tertiary/aromatic N) is 3. The molecule has 0 fully saturated rings. The maximum absolute atomic E-state index is 13.3. The Hall–Kier alpha value is -2.00. The Morgan fingerprint density at radius 2 is 1.80 bits per heavy atom. The van der Waals surface area contributed by atoms with E-state index in [4.69, 9.17) is 11.6 Å². The summed E-state index contributed by atoms with van der Waals surface area (Å²) in [7, 11) is 0.651. The standard InChI is InChI=1S/C21H24ClN3O3S2/c1-4-30(27,28)16-11-9-15(10-12-16)20(26)25(14-6-13-24(2)3)21-23-19-17(22)7-5-8-18(19)29-21/h5,7-12H,4,6,13-14H2,1-3H3. The monoisotopic (exact) mass is 465 g/mol. The lowest BCUT2D eigenvalue weighted by atomic mass is 10.2. The Labute approximate surface area is 186 Å². The van der Waals surface area contributed by atoms with Crippen molar-refractivity contribution in [3.63, 3.8) is 0 Å². The van der Waals surface area contributed by atoms with Crippen LogP contribution in [0.25, 0.3) is 10.2 Å². The van der Waals surface area contributed by atoms with Crippen LogP contribution >= 0.6 is 22.9 Å². The fraction of sp³-hybridized carbons (Fsp3) is 0.333. The number of sulfone groups is 1. The first-order valence-electron chi connectivity index (χ1n) is 9.57. The third kappa shape index (κ3) is 5.00. The zero-order valence-corrected chi connectivity index (χ0v) is 19.5. The minimum absolute atomic E-state index is 0.0173. The Kier molecular flexibility index (Phi) is 7.13. The van der Waals surface area contributed by atoms with E-state index in [2.05, 4.69) is 9.88 Å². The Balaban J connectivity index is 1.94. The molecule has 1 aromatic heterocycles. The minimum atomic E-state index is -3.31. The highest BCUT2D eigenvalue weighted by Crippen LogP contribution is 2.33.